The minimum absolute atomic E-state index is 0.0271. The van der Waals surface area contributed by atoms with Gasteiger partial charge in [0, 0.05) is 29.1 Å². The molecule has 1 amide bonds. The third-order valence-corrected chi connectivity index (χ3v) is 11.2. The maximum absolute atomic E-state index is 13.3. The minimum atomic E-state index is -2.01. The predicted molar refractivity (Wildman–Crippen MR) is 118 cm³/mol. The Hall–Kier alpha value is -1.18. The van der Waals surface area contributed by atoms with Crippen LogP contribution in [0.5, 0.6) is 0 Å². The molecular formula is C21H33FN2O2SSi. The van der Waals surface area contributed by atoms with Crippen molar-refractivity contribution in [1.82, 2.24) is 10.3 Å². The summed E-state index contributed by atoms with van der Waals surface area (Å²) in [5.41, 5.74) is 0.865. The third kappa shape index (κ3) is 5.24. The van der Waals surface area contributed by atoms with E-state index in [0.717, 1.165) is 10.6 Å². The van der Waals surface area contributed by atoms with Crippen LogP contribution in [0.2, 0.25) is 18.1 Å². The summed E-state index contributed by atoms with van der Waals surface area (Å²) in [7, 11) is -2.01. The second kappa shape index (κ2) is 9.09. The Morgan fingerprint density at radius 2 is 2.07 bits per heavy atom. The third-order valence-electron chi connectivity index (χ3n) is 6.14. The summed E-state index contributed by atoms with van der Waals surface area (Å²) in [4.78, 5) is 17.4. The van der Waals surface area contributed by atoms with Gasteiger partial charge in [0.25, 0.3) is 0 Å². The first kappa shape index (κ1) is 23.1. The zero-order valence-electron chi connectivity index (χ0n) is 17.8. The van der Waals surface area contributed by atoms with E-state index in [2.05, 4.69) is 44.2 Å². The van der Waals surface area contributed by atoms with Crippen LogP contribution in [0.4, 0.5) is 4.39 Å². The number of aromatic nitrogens is 1. The van der Waals surface area contributed by atoms with Crippen molar-refractivity contribution in [3.05, 3.63) is 30.1 Å². The molecule has 0 radical (unpaired) electrons. The van der Waals surface area contributed by atoms with Crippen LogP contribution in [-0.4, -0.2) is 42.9 Å². The normalized spacial score (nSPS) is 22.2. The van der Waals surface area contributed by atoms with Crippen molar-refractivity contribution in [2.75, 3.05) is 6.67 Å². The number of carbonyl (C=O) groups excluding carboxylic acids is 1. The van der Waals surface area contributed by atoms with Gasteiger partial charge in [-0.25, -0.2) is 0 Å². The number of thiocarbonyl (C=S) groups is 1. The number of halogens is 1. The molecule has 0 spiro atoms. The number of alkyl halides is 1. The van der Waals surface area contributed by atoms with E-state index in [1.165, 1.54) is 0 Å². The van der Waals surface area contributed by atoms with E-state index < -0.39 is 15.0 Å². The Bertz CT molecular complexity index is 693. The van der Waals surface area contributed by atoms with Crippen molar-refractivity contribution < 1.29 is 13.6 Å². The number of rotatable bonds is 9. The molecule has 0 aliphatic carbocycles. The zero-order valence-corrected chi connectivity index (χ0v) is 19.6. The molecule has 0 unspecified atom stereocenters. The lowest BCUT2D eigenvalue weighted by molar-refractivity contribution is -0.141. The van der Waals surface area contributed by atoms with Crippen molar-refractivity contribution in [1.29, 1.82) is 0 Å². The van der Waals surface area contributed by atoms with Crippen LogP contribution in [0.1, 0.15) is 39.8 Å². The minimum Gasteiger partial charge on any atom is -0.413 e. The molecule has 4 atom stereocenters. The second-order valence-corrected chi connectivity index (χ2v) is 14.5. The zero-order chi connectivity index (χ0) is 21.1. The molecule has 4 nitrogen and oxygen atoms in total. The molecule has 0 aromatic carbocycles. The monoisotopic (exact) mass is 424 g/mol. The molecule has 0 bridgehead atoms. The summed E-state index contributed by atoms with van der Waals surface area (Å²) < 4.78 is 19.8. The smallest absolute Gasteiger partial charge is 0.228 e. The average molecular weight is 425 g/mol. The van der Waals surface area contributed by atoms with Crippen LogP contribution in [0.25, 0.3) is 0 Å². The van der Waals surface area contributed by atoms with Crippen molar-refractivity contribution >= 4 is 31.3 Å². The molecule has 156 valence electrons. The molecule has 2 rings (SSSR count). The maximum Gasteiger partial charge on any atom is 0.228 e. The fourth-order valence-corrected chi connectivity index (χ4v) is 5.30. The number of nitrogens with zero attached hydrogens (tertiary/aromatic N) is 1. The SMILES string of the molecule is C[C@@H](O[Si](C)(C)C(C)(C)C)[C@H]1C(=O)N[C@@H]1[C@@H](CCF)C(=S)Cc1ccccn1. The first-order valence-electron chi connectivity index (χ1n) is 9.94. The molecule has 1 aliphatic heterocycles. The van der Waals surface area contributed by atoms with E-state index in [4.69, 9.17) is 16.6 Å². The molecule has 1 aliphatic rings. The number of hydrogen-bond donors (Lipinski definition) is 1. The molecule has 2 heterocycles. The van der Waals surface area contributed by atoms with Gasteiger partial charge in [-0.15, -0.1) is 0 Å². The number of amides is 1. The summed E-state index contributed by atoms with van der Waals surface area (Å²) in [5.74, 6) is -0.525. The summed E-state index contributed by atoms with van der Waals surface area (Å²) in [6, 6.07) is 5.50. The quantitative estimate of drug-likeness (QED) is 0.360. The predicted octanol–water partition coefficient (Wildman–Crippen LogP) is 4.49. The van der Waals surface area contributed by atoms with Crippen LogP contribution >= 0.6 is 12.2 Å². The van der Waals surface area contributed by atoms with Crippen molar-refractivity contribution in [2.24, 2.45) is 11.8 Å². The molecule has 1 aromatic heterocycles. The number of pyridine rings is 1. The fraction of sp³-hybridized carbons (Fsp3) is 0.667. The lowest BCUT2D eigenvalue weighted by atomic mass is 9.75. The molecule has 1 fully saturated rings. The number of nitrogens with one attached hydrogen (secondary N) is 1. The number of β-lactam (4-membered cyclic amide) rings is 1. The highest BCUT2D eigenvalue weighted by Crippen LogP contribution is 2.40. The largest absolute Gasteiger partial charge is 0.413 e. The van der Waals surface area contributed by atoms with Crippen LogP contribution in [-0.2, 0) is 15.6 Å². The van der Waals surface area contributed by atoms with Crippen molar-refractivity contribution in [2.45, 2.75) is 70.8 Å². The van der Waals surface area contributed by atoms with Gasteiger partial charge in [-0.05, 0) is 43.6 Å². The van der Waals surface area contributed by atoms with Crippen LogP contribution in [0, 0.1) is 11.8 Å². The van der Waals surface area contributed by atoms with Gasteiger partial charge >= 0.3 is 0 Å². The number of hydrogen-bond acceptors (Lipinski definition) is 4. The first-order chi connectivity index (χ1) is 13.0. The van der Waals surface area contributed by atoms with Gasteiger partial charge in [0.15, 0.2) is 8.32 Å². The summed E-state index contributed by atoms with van der Waals surface area (Å²) >= 11 is 5.66. The Morgan fingerprint density at radius 3 is 2.57 bits per heavy atom. The van der Waals surface area contributed by atoms with E-state index in [9.17, 15) is 9.18 Å². The van der Waals surface area contributed by atoms with Gasteiger partial charge in [-0.3, -0.25) is 14.2 Å². The van der Waals surface area contributed by atoms with Gasteiger partial charge < -0.3 is 9.74 Å². The molecule has 1 aromatic rings. The van der Waals surface area contributed by atoms with E-state index in [1.807, 2.05) is 25.1 Å². The highest BCUT2D eigenvalue weighted by atomic mass is 32.1. The molecule has 1 N–H and O–H groups in total. The highest BCUT2D eigenvalue weighted by Gasteiger charge is 2.50. The molecule has 0 saturated carbocycles. The standard InChI is InChI=1S/C21H33FN2O2SSi/c1-14(26-28(5,6)21(2,3)4)18-19(24-20(18)25)16(10-11-22)17(27)13-15-9-7-8-12-23-15/h7-9,12,14,16,18-19H,10-11,13H2,1-6H3,(H,24,25)/t14-,16+,18-,19-/m1/s1. The number of carbonyl (C=O) groups is 1. The van der Waals surface area contributed by atoms with Crippen LogP contribution in [0.15, 0.2) is 24.4 Å². The topological polar surface area (TPSA) is 51.2 Å². The van der Waals surface area contributed by atoms with Crippen LogP contribution < -0.4 is 5.32 Å². The van der Waals surface area contributed by atoms with E-state index >= 15 is 0 Å². The highest BCUT2D eigenvalue weighted by molar-refractivity contribution is 7.80. The average Bonchev–Trinajstić information content (AvgIpc) is 2.57. The van der Waals surface area contributed by atoms with Gasteiger partial charge in [0.05, 0.1) is 24.7 Å². The Balaban J connectivity index is 2.13. The van der Waals surface area contributed by atoms with Crippen molar-refractivity contribution in [3.8, 4) is 0 Å². The Kier molecular flexibility index (Phi) is 7.50. The van der Waals surface area contributed by atoms with E-state index in [0.29, 0.717) is 12.8 Å². The van der Waals surface area contributed by atoms with Gasteiger partial charge in [-0.2, -0.15) is 0 Å². The van der Waals surface area contributed by atoms with E-state index in [1.54, 1.807) is 6.20 Å². The molecule has 7 heteroatoms. The second-order valence-electron chi connectivity index (χ2n) is 9.19. The molecule has 1 saturated heterocycles. The summed E-state index contributed by atoms with van der Waals surface area (Å²) in [6.45, 7) is 12.4. The van der Waals surface area contributed by atoms with Gasteiger partial charge in [0.2, 0.25) is 5.91 Å². The Morgan fingerprint density at radius 1 is 1.39 bits per heavy atom. The molecule has 28 heavy (non-hydrogen) atoms. The lowest BCUT2D eigenvalue weighted by Crippen LogP contribution is -2.67. The lowest BCUT2D eigenvalue weighted by Gasteiger charge is -2.47. The molecular weight excluding hydrogens is 391 g/mol. The first-order valence-corrected chi connectivity index (χ1v) is 13.3. The fourth-order valence-electron chi connectivity index (χ4n) is 3.46. The van der Waals surface area contributed by atoms with Crippen LogP contribution in [0.3, 0.4) is 0 Å². The summed E-state index contributed by atoms with van der Waals surface area (Å²) in [6.07, 6.45) is 2.32. The Labute approximate surface area is 174 Å². The maximum atomic E-state index is 13.3. The van der Waals surface area contributed by atoms with Crippen molar-refractivity contribution in [3.63, 3.8) is 0 Å². The van der Waals surface area contributed by atoms with E-state index in [-0.39, 0.29) is 34.9 Å². The van der Waals surface area contributed by atoms with Gasteiger partial charge in [0.1, 0.15) is 0 Å². The van der Waals surface area contributed by atoms with Gasteiger partial charge in [-0.1, -0.05) is 39.1 Å². The summed E-state index contributed by atoms with van der Waals surface area (Å²) in [5, 5.41) is 3.03.